The van der Waals surface area contributed by atoms with Crippen molar-refractivity contribution >= 4 is 8.32 Å². The number of rotatable bonds is 21. The Kier molecular flexibility index (Phi) is 20.1. The van der Waals surface area contributed by atoms with E-state index in [-0.39, 0.29) is 0 Å². The Bertz CT molecular complexity index is 255. The van der Waals surface area contributed by atoms with E-state index >= 15 is 0 Å². The predicted octanol–water partition coefficient (Wildman–Crippen LogP) is 9.27. The van der Waals surface area contributed by atoms with E-state index in [9.17, 15) is 0 Å². The van der Waals surface area contributed by atoms with Crippen LogP contribution in [0.1, 0.15) is 130 Å². The summed E-state index contributed by atoms with van der Waals surface area (Å²) in [5, 5.41) is 0. The molecule has 0 aliphatic carbocycles. The summed E-state index contributed by atoms with van der Waals surface area (Å²) in [6, 6.07) is 3.87. The molecule has 0 N–H and O–H groups in total. The van der Waals surface area contributed by atoms with Gasteiger partial charge in [0.05, 0.1) is 0 Å². The molecule has 0 saturated carbocycles. The molecule has 1 nitrogen and oxygen atoms in total. The Morgan fingerprint density at radius 2 is 0.731 bits per heavy atom. The van der Waals surface area contributed by atoms with Crippen molar-refractivity contribution in [1.82, 2.24) is 0 Å². The minimum Gasteiger partial charge on any atom is -0.417 e. The predicted molar refractivity (Wildman–Crippen MR) is 123 cm³/mol. The first-order chi connectivity index (χ1) is 12.7. The maximum Gasteiger partial charge on any atom is 0.191 e. The van der Waals surface area contributed by atoms with Gasteiger partial charge in [0.25, 0.3) is 0 Å². The molecule has 0 spiro atoms. The normalized spacial score (nSPS) is 12.0. The van der Waals surface area contributed by atoms with Crippen LogP contribution in [0.3, 0.4) is 0 Å². The molecule has 26 heavy (non-hydrogen) atoms. The van der Waals surface area contributed by atoms with Crippen molar-refractivity contribution in [2.75, 3.05) is 6.61 Å². The third-order valence-electron chi connectivity index (χ3n) is 6.34. The molecule has 0 saturated heterocycles. The van der Waals surface area contributed by atoms with Crippen LogP contribution in [0.15, 0.2) is 0 Å². The first-order valence-corrected chi connectivity index (χ1v) is 14.9. The molecule has 0 bridgehead atoms. The van der Waals surface area contributed by atoms with Crippen molar-refractivity contribution in [3.8, 4) is 0 Å². The molecule has 0 aromatic heterocycles. The Labute approximate surface area is 168 Å². The molecule has 0 aliphatic rings. The number of unbranched alkanes of at least 4 members (excludes halogenated alkanes) is 15. The van der Waals surface area contributed by atoms with Gasteiger partial charge in [-0.25, -0.2) is 0 Å². The third kappa shape index (κ3) is 15.3. The van der Waals surface area contributed by atoms with Gasteiger partial charge in [-0.3, -0.25) is 0 Å². The lowest BCUT2D eigenvalue weighted by Gasteiger charge is -2.27. The maximum absolute atomic E-state index is 6.34. The van der Waals surface area contributed by atoms with E-state index in [0.29, 0.717) is 0 Å². The van der Waals surface area contributed by atoms with Crippen molar-refractivity contribution in [1.29, 1.82) is 0 Å². The van der Waals surface area contributed by atoms with E-state index in [1.54, 1.807) is 0 Å². The van der Waals surface area contributed by atoms with E-state index < -0.39 is 8.32 Å². The molecule has 0 aromatic carbocycles. The summed E-state index contributed by atoms with van der Waals surface area (Å²) in [6.45, 7) is 10.3. The average Bonchev–Trinajstić information content (AvgIpc) is 2.68. The lowest BCUT2D eigenvalue weighted by atomic mass is 10.0. The Morgan fingerprint density at radius 1 is 0.423 bits per heavy atom. The summed E-state index contributed by atoms with van der Waals surface area (Å²) >= 11 is 0. The molecule has 0 amide bonds. The first kappa shape index (κ1) is 26.2. The summed E-state index contributed by atoms with van der Waals surface area (Å²) in [5.74, 6) is 0. The molecule has 0 heterocycles. The van der Waals surface area contributed by atoms with E-state index in [1.165, 1.54) is 121 Å². The first-order valence-electron chi connectivity index (χ1n) is 12.4. The monoisotopic (exact) mass is 384 g/mol. The maximum atomic E-state index is 6.34. The van der Waals surface area contributed by atoms with Crippen LogP contribution >= 0.6 is 0 Å². The van der Waals surface area contributed by atoms with Gasteiger partial charge in [0, 0.05) is 6.61 Å². The topological polar surface area (TPSA) is 9.23 Å². The van der Waals surface area contributed by atoms with Gasteiger partial charge in [0.15, 0.2) is 8.32 Å². The molecular weight excluding hydrogens is 332 g/mol. The Morgan fingerprint density at radius 3 is 1.04 bits per heavy atom. The zero-order valence-corrected chi connectivity index (χ0v) is 20.1. The highest BCUT2D eigenvalue weighted by molar-refractivity contribution is 6.73. The second-order valence-electron chi connectivity index (χ2n) is 8.40. The highest BCUT2D eigenvalue weighted by atomic mass is 28.4. The summed E-state index contributed by atoms with van der Waals surface area (Å²) in [7, 11) is -1.33. The van der Waals surface area contributed by atoms with Crippen molar-refractivity contribution in [3.05, 3.63) is 0 Å². The molecule has 0 aliphatic heterocycles. The standard InChI is InChI=1S/C24H52OSi/c1-5-9-10-11-12-13-14-15-16-17-18-19-20-21-22-23-24-25-26(6-2,7-3)8-4/h5-24H2,1-4H3. The van der Waals surface area contributed by atoms with Gasteiger partial charge < -0.3 is 4.43 Å². The second-order valence-corrected chi connectivity index (χ2v) is 13.2. The molecular formula is C24H52OSi. The van der Waals surface area contributed by atoms with Crippen LogP contribution in [0.25, 0.3) is 0 Å². The fraction of sp³-hybridized carbons (Fsp3) is 1.00. The number of hydrogen-bond acceptors (Lipinski definition) is 1. The van der Waals surface area contributed by atoms with Crippen molar-refractivity contribution in [2.24, 2.45) is 0 Å². The van der Waals surface area contributed by atoms with Crippen LogP contribution in [0, 0.1) is 0 Å². The SMILES string of the molecule is CCCCCCCCCCCCCCCCCCO[Si](CC)(CC)CC. The fourth-order valence-corrected chi connectivity index (χ4v) is 6.68. The van der Waals surface area contributed by atoms with Gasteiger partial charge >= 0.3 is 0 Å². The van der Waals surface area contributed by atoms with E-state index in [4.69, 9.17) is 4.43 Å². The molecule has 2 heteroatoms. The van der Waals surface area contributed by atoms with Gasteiger partial charge in [-0.15, -0.1) is 0 Å². The van der Waals surface area contributed by atoms with Crippen LogP contribution in [-0.2, 0) is 4.43 Å². The quantitative estimate of drug-likeness (QED) is 0.141. The van der Waals surface area contributed by atoms with Crippen molar-refractivity contribution < 1.29 is 4.43 Å². The lowest BCUT2D eigenvalue weighted by Crippen LogP contribution is -2.36. The zero-order valence-electron chi connectivity index (χ0n) is 19.1. The second kappa shape index (κ2) is 19.9. The average molecular weight is 385 g/mol. The minimum atomic E-state index is -1.33. The summed E-state index contributed by atoms with van der Waals surface area (Å²) in [6.07, 6.45) is 23.0. The van der Waals surface area contributed by atoms with Gasteiger partial charge in [-0.2, -0.15) is 0 Å². The van der Waals surface area contributed by atoms with Crippen LogP contribution in [0.4, 0.5) is 0 Å². The van der Waals surface area contributed by atoms with Crippen LogP contribution in [0.2, 0.25) is 18.1 Å². The molecule has 0 atom stereocenters. The largest absolute Gasteiger partial charge is 0.417 e. The summed E-state index contributed by atoms with van der Waals surface area (Å²) < 4.78 is 6.34. The lowest BCUT2D eigenvalue weighted by molar-refractivity contribution is 0.287. The Balaban J connectivity index is 3.20. The zero-order chi connectivity index (χ0) is 19.3. The minimum absolute atomic E-state index is 1.03. The van der Waals surface area contributed by atoms with Crippen LogP contribution in [0.5, 0.6) is 0 Å². The molecule has 0 aromatic rings. The fourth-order valence-electron chi connectivity index (χ4n) is 4.00. The van der Waals surface area contributed by atoms with Gasteiger partial charge in [0.2, 0.25) is 0 Å². The highest BCUT2D eigenvalue weighted by Crippen LogP contribution is 2.22. The van der Waals surface area contributed by atoms with Crippen LogP contribution in [-0.4, -0.2) is 14.9 Å². The van der Waals surface area contributed by atoms with Crippen molar-refractivity contribution in [3.63, 3.8) is 0 Å². The molecule has 158 valence electrons. The van der Waals surface area contributed by atoms with E-state index in [0.717, 1.165) is 6.61 Å². The van der Waals surface area contributed by atoms with Gasteiger partial charge in [-0.05, 0) is 24.6 Å². The number of hydrogen-bond donors (Lipinski definition) is 0. The van der Waals surface area contributed by atoms with E-state index in [1.807, 2.05) is 0 Å². The molecule has 0 fully saturated rings. The third-order valence-corrected chi connectivity index (χ3v) is 11.0. The van der Waals surface area contributed by atoms with Gasteiger partial charge in [-0.1, -0.05) is 124 Å². The molecule has 0 radical (unpaired) electrons. The summed E-state index contributed by atoms with van der Waals surface area (Å²) in [4.78, 5) is 0. The summed E-state index contributed by atoms with van der Waals surface area (Å²) in [5.41, 5.74) is 0. The molecule has 0 rings (SSSR count). The van der Waals surface area contributed by atoms with Crippen LogP contribution < -0.4 is 0 Å². The molecule has 0 unspecified atom stereocenters. The highest BCUT2D eigenvalue weighted by Gasteiger charge is 2.27. The van der Waals surface area contributed by atoms with Gasteiger partial charge in [0.1, 0.15) is 0 Å². The van der Waals surface area contributed by atoms with E-state index in [2.05, 4.69) is 27.7 Å². The smallest absolute Gasteiger partial charge is 0.191 e. The van der Waals surface area contributed by atoms with Crippen molar-refractivity contribution in [2.45, 2.75) is 149 Å². The Hall–Kier alpha value is 0.177.